The molecule has 1 heterocycles. The number of benzene rings is 1. The van der Waals surface area contributed by atoms with E-state index in [-0.39, 0.29) is 18.4 Å². The van der Waals surface area contributed by atoms with Gasteiger partial charge in [-0.15, -0.1) is 0 Å². The Hall–Kier alpha value is -1.39. The predicted octanol–water partition coefficient (Wildman–Crippen LogP) is 2.35. The lowest BCUT2D eigenvalue weighted by Crippen LogP contribution is -2.42. The largest absolute Gasteiger partial charge is 0.396 e. The number of aliphatic hydroxyl groups is 1. The number of rotatable bonds is 7. The number of likely N-dealkylation sites (tertiary alicyclic amines) is 1. The van der Waals surface area contributed by atoms with Crippen molar-refractivity contribution in [3.8, 4) is 0 Å². The monoisotopic (exact) mass is 304 g/mol. The lowest BCUT2D eigenvalue weighted by molar-refractivity contribution is -0.126. The summed E-state index contributed by atoms with van der Waals surface area (Å²) in [5.74, 6) is 0.282. The van der Waals surface area contributed by atoms with Crippen LogP contribution in [0.5, 0.6) is 0 Å². The molecule has 0 saturated carbocycles. The summed E-state index contributed by atoms with van der Waals surface area (Å²) in [6.45, 7) is 4.90. The Morgan fingerprint density at radius 2 is 2.00 bits per heavy atom. The summed E-state index contributed by atoms with van der Waals surface area (Å²) in [6.07, 6.45) is 3.58. The van der Waals surface area contributed by atoms with Crippen molar-refractivity contribution in [1.82, 2.24) is 10.2 Å². The quantitative estimate of drug-likeness (QED) is 0.760. The SMILES string of the molecule is CC[C@@H](c1ccccc1)N1CCC(C(=O)NCCCO)CC1. The van der Waals surface area contributed by atoms with E-state index in [0.717, 1.165) is 32.4 Å². The number of carbonyl (C=O) groups excluding carboxylic acids is 1. The molecule has 0 aromatic heterocycles. The average Bonchev–Trinajstić information content (AvgIpc) is 2.57. The van der Waals surface area contributed by atoms with Gasteiger partial charge in [-0.25, -0.2) is 0 Å². The average molecular weight is 304 g/mol. The third-order valence-electron chi connectivity index (χ3n) is 4.55. The Bertz CT molecular complexity index is 442. The van der Waals surface area contributed by atoms with Gasteiger partial charge in [0.05, 0.1) is 0 Å². The lowest BCUT2D eigenvalue weighted by atomic mass is 9.92. The molecule has 0 radical (unpaired) electrons. The van der Waals surface area contributed by atoms with Gasteiger partial charge in [-0.2, -0.15) is 0 Å². The molecule has 2 N–H and O–H groups in total. The van der Waals surface area contributed by atoms with Gasteiger partial charge in [0.2, 0.25) is 5.91 Å². The number of hydrogen-bond donors (Lipinski definition) is 2. The van der Waals surface area contributed by atoms with Crippen molar-refractivity contribution in [1.29, 1.82) is 0 Å². The van der Waals surface area contributed by atoms with E-state index in [4.69, 9.17) is 5.11 Å². The molecule has 1 atom stereocenters. The first-order valence-corrected chi connectivity index (χ1v) is 8.43. The second-order valence-corrected chi connectivity index (χ2v) is 6.01. The Balaban J connectivity index is 1.84. The minimum atomic E-state index is 0.128. The van der Waals surface area contributed by atoms with Crippen molar-refractivity contribution >= 4 is 5.91 Å². The molecule has 2 rings (SSSR count). The number of aliphatic hydroxyl groups excluding tert-OH is 1. The van der Waals surface area contributed by atoms with Crippen LogP contribution in [0, 0.1) is 5.92 Å². The molecule has 1 aliphatic heterocycles. The summed E-state index contributed by atoms with van der Waals surface area (Å²) >= 11 is 0. The van der Waals surface area contributed by atoms with Gasteiger partial charge in [-0.05, 0) is 44.3 Å². The Morgan fingerprint density at radius 1 is 1.32 bits per heavy atom. The summed E-state index contributed by atoms with van der Waals surface area (Å²) in [5, 5.41) is 11.7. The van der Waals surface area contributed by atoms with Crippen molar-refractivity contribution in [2.75, 3.05) is 26.2 Å². The van der Waals surface area contributed by atoms with Crippen LogP contribution < -0.4 is 5.32 Å². The minimum Gasteiger partial charge on any atom is -0.396 e. The van der Waals surface area contributed by atoms with E-state index < -0.39 is 0 Å². The molecule has 4 nitrogen and oxygen atoms in total. The third-order valence-corrected chi connectivity index (χ3v) is 4.55. The zero-order valence-electron chi connectivity index (χ0n) is 13.5. The van der Waals surface area contributed by atoms with Crippen LogP contribution in [0.2, 0.25) is 0 Å². The molecule has 122 valence electrons. The topological polar surface area (TPSA) is 52.6 Å². The van der Waals surface area contributed by atoms with Gasteiger partial charge in [-0.1, -0.05) is 37.3 Å². The van der Waals surface area contributed by atoms with Crippen molar-refractivity contribution in [2.24, 2.45) is 5.92 Å². The van der Waals surface area contributed by atoms with E-state index in [1.165, 1.54) is 5.56 Å². The number of hydrogen-bond acceptors (Lipinski definition) is 3. The van der Waals surface area contributed by atoms with Crippen molar-refractivity contribution in [2.45, 2.75) is 38.6 Å². The smallest absolute Gasteiger partial charge is 0.223 e. The van der Waals surface area contributed by atoms with E-state index in [1.54, 1.807) is 0 Å². The van der Waals surface area contributed by atoms with Gasteiger partial charge in [0.15, 0.2) is 0 Å². The summed E-state index contributed by atoms with van der Waals surface area (Å²) in [5.41, 5.74) is 1.37. The Morgan fingerprint density at radius 3 is 2.59 bits per heavy atom. The van der Waals surface area contributed by atoms with E-state index >= 15 is 0 Å². The molecule has 1 saturated heterocycles. The summed E-state index contributed by atoms with van der Waals surface area (Å²) in [7, 11) is 0. The molecule has 4 heteroatoms. The maximum absolute atomic E-state index is 12.1. The van der Waals surface area contributed by atoms with E-state index in [9.17, 15) is 4.79 Å². The second-order valence-electron chi connectivity index (χ2n) is 6.01. The molecule has 0 unspecified atom stereocenters. The fourth-order valence-corrected chi connectivity index (χ4v) is 3.29. The predicted molar refractivity (Wildman–Crippen MR) is 88.5 cm³/mol. The van der Waals surface area contributed by atoms with Gasteiger partial charge in [0, 0.05) is 25.1 Å². The van der Waals surface area contributed by atoms with Gasteiger partial charge in [0.25, 0.3) is 0 Å². The van der Waals surface area contributed by atoms with Crippen LogP contribution in [-0.4, -0.2) is 42.2 Å². The zero-order chi connectivity index (χ0) is 15.8. The van der Waals surface area contributed by atoms with Crippen LogP contribution in [0.4, 0.5) is 0 Å². The zero-order valence-corrected chi connectivity index (χ0v) is 13.5. The van der Waals surface area contributed by atoms with Crippen LogP contribution >= 0.6 is 0 Å². The molecule has 1 aromatic rings. The molecular formula is C18H28N2O2. The van der Waals surface area contributed by atoms with Crippen molar-refractivity contribution in [3.63, 3.8) is 0 Å². The van der Waals surface area contributed by atoms with Crippen LogP contribution in [0.15, 0.2) is 30.3 Å². The Labute approximate surface area is 133 Å². The van der Waals surface area contributed by atoms with Crippen LogP contribution in [-0.2, 0) is 4.79 Å². The first kappa shape index (κ1) is 17.0. The molecule has 0 spiro atoms. The summed E-state index contributed by atoms with van der Waals surface area (Å²) < 4.78 is 0. The highest BCUT2D eigenvalue weighted by Gasteiger charge is 2.28. The van der Waals surface area contributed by atoms with Crippen LogP contribution in [0.3, 0.4) is 0 Å². The van der Waals surface area contributed by atoms with Gasteiger partial charge in [0.1, 0.15) is 0 Å². The van der Waals surface area contributed by atoms with Crippen molar-refractivity contribution < 1.29 is 9.90 Å². The standard InChI is InChI=1S/C18H28N2O2/c1-2-17(15-7-4-3-5-8-15)20-12-9-16(10-13-20)18(22)19-11-6-14-21/h3-5,7-8,16-17,21H,2,6,9-14H2,1H3,(H,19,22)/t17-/m0/s1. The van der Waals surface area contributed by atoms with Crippen LogP contribution in [0.25, 0.3) is 0 Å². The highest BCUT2D eigenvalue weighted by Crippen LogP contribution is 2.29. The van der Waals surface area contributed by atoms with Crippen LogP contribution in [0.1, 0.15) is 44.2 Å². The number of carbonyl (C=O) groups is 1. The number of nitrogens with zero attached hydrogens (tertiary/aromatic N) is 1. The molecule has 1 fully saturated rings. The highest BCUT2D eigenvalue weighted by molar-refractivity contribution is 5.78. The number of nitrogens with one attached hydrogen (secondary N) is 1. The molecular weight excluding hydrogens is 276 g/mol. The first-order chi connectivity index (χ1) is 10.8. The molecule has 1 aromatic carbocycles. The summed E-state index contributed by atoms with van der Waals surface area (Å²) in [6, 6.07) is 11.1. The second kappa shape index (κ2) is 8.91. The minimum absolute atomic E-state index is 0.128. The van der Waals surface area contributed by atoms with E-state index in [0.29, 0.717) is 19.0 Å². The maximum atomic E-state index is 12.1. The molecule has 1 aliphatic rings. The first-order valence-electron chi connectivity index (χ1n) is 8.43. The van der Waals surface area contributed by atoms with E-state index in [1.807, 2.05) is 0 Å². The molecule has 0 bridgehead atoms. The fourth-order valence-electron chi connectivity index (χ4n) is 3.29. The normalized spacial score (nSPS) is 18.1. The third kappa shape index (κ3) is 4.55. The van der Waals surface area contributed by atoms with Crippen molar-refractivity contribution in [3.05, 3.63) is 35.9 Å². The molecule has 22 heavy (non-hydrogen) atoms. The fraction of sp³-hybridized carbons (Fsp3) is 0.611. The molecule has 0 aliphatic carbocycles. The van der Waals surface area contributed by atoms with Gasteiger partial charge >= 0.3 is 0 Å². The number of piperidine rings is 1. The summed E-state index contributed by atoms with van der Waals surface area (Å²) in [4.78, 5) is 14.6. The maximum Gasteiger partial charge on any atom is 0.223 e. The van der Waals surface area contributed by atoms with E-state index in [2.05, 4.69) is 47.5 Å². The number of amides is 1. The highest BCUT2D eigenvalue weighted by atomic mass is 16.3. The van der Waals surface area contributed by atoms with Gasteiger partial charge < -0.3 is 10.4 Å². The van der Waals surface area contributed by atoms with Gasteiger partial charge in [-0.3, -0.25) is 9.69 Å². The Kier molecular flexibility index (Phi) is 6.87. The lowest BCUT2D eigenvalue weighted by Gasteiger charge is -2.37. The molecule has 1 amide bonds.